The maximum Gasteiger partial charge on any atom is 0.234 e. The lowest BCUT2D eigenvalue weighted by molar-refractivity contribution is -0.121. The molecule has 1 heterocycles. The van der Waals surface area contributed by atoms with Crippen LogP contribution in [0.5, 0.6) is 0 Å². The van der Waals surface area contributed by atoms with Gasteiger partial charge < -0.3 is 9.73 Å². The van der Waals surface area contributed by atoms with Crippen LogP contribution in [0.25, 0.3) is 0 Å². The number of amides is 1. The van der Waals surface area contributed by atoms with Crippen molar-refractivity contribution in [3.8, 4) is 0 Å². The Labute approximate surface area is 92.0 Å². The van der Waals surface area contributed by atoms with Crippen LogP contribution < -0.4 is 5.32 Å². The Kier molecular flexibility index (Phi) is 4.20. The average molecular weight is 260 g/mol. The number of carbonyl (C=O) groups excluding carboxylic acids is 1. The molecule has 3 nitrogen and oxygen atoms in total. The molecular weight excluding hydrogens is 246 g/mol. The largest absolute Gasteiger partial charge is 0.467 e. The van der Waals surface area contributed by atoms with Gasteiger partial charge in [-0.25, -0.2) is 0 Å². The van der Waals surface area contributed by atoms with Gasteiger partial charge in [0, 0.05) is 0 Å². The molecule has 0 aromatic carbocycles. The maximum atomic E-state index is 11.4. The molecule has 0 bridgehead atoms. The molecule has 14 heavy (non-hydrogen) atoms. The average Bonchev–Trinajstić information content (AvgIpc) is 2.66. The van der Waals surface area contributed by atoms with Crippen molar-refractivity contribution in [2.75, 3.05) is 0 Å². The van der Waals surface area contributed by atoms with Crippen molar-refractivity contribution >= 4 is 21.8 Å². The Morgan fingerprint density at radius 1 is 1.71 bits per heavy atom. The van der Waals surface area contributed by atoms with Crippen molar-refractivity contribution in [1.82, 2.24) is 5.32 Å². The summed E-state index contributed by atoms with van der Waals surface area (Å²) in [7, 11) is 0. The number of nitrogens with one attached hydrogen (secondary N) is 1. The number of halogens is 1. The first-order valence-electron chi connectivity index (χ1n) is 4.63. The van der Waals surface area contributed by atoms with Crippen LogP contribution in [0.2, 0.25) is 0 Å². The Bertz CT molecular complexity index is 282. The van der Waals surface area contributed by atoms with Gasteiger partial charge in [0.1, 0.15) is 5.76 Å². The molecule has 0 aliphatic rings. The normalized spacial score (nSPS) is 14.8. The van der Waals surface area contributed by atoms with Crippen molar-refractivity contribution in [3.05, 3.63) is 24.2 Å². The van der Waals surface area contributed by atoms with Crippen LogP contribution in [-0.2, 0) is 4.79 Å². The summed E-state index contributed by atoms with van der Waals surface area (Å²) < 4.78 is 5.24. The first-order valence-corrected chi connectivity index (χ1v) is 5.54. The predicted molar refractivity (Wildman–Crippen MR) is 58.3 cm³/mol. The molecule has 2 atom stereocenters. The Balaban J connectivity index is 2.61. The number of furan rings is 1. The van der Waals surface area contributed by atoms with Gasteiger partial charge in [0.2, 0.25) is 5.91 Å². The van der Waals surface area contributed by atoms with E-state index in [1.54, 1.807) is 13.2 Å². The number of rotatable bonds is 4. The van der Waals surface area contributed by atoms with E-state index in [1.165, 1.54) is 0 Å². The molecule has 0 spiro atoms. The molecule has 1 amide bonds. The zero-order valence-corrected chi connectivity index (χ0v) is 9.87. The maximum absolute atomic E-state index is 11.4. The minimum atomic E-state index is -0.175. The van der Waals surface area contributed by atoms with Crippen LogP contribution in [0, 0.1) is 0 Å². The topological polar surface area (TPSA) is 42.2 Å². The van der Waals surface area contributed by atoms with Gasteiger partial charge in [-0.15, -0.1) is 0 Å². The summed E-state index contributed by atoms with van der Waals surface area (Å²) in [4.78, 5) is 11.2. The summed E-state index contributed by atoms with van der Waals surface area (Å²) >= 11 is 3.22. The monoisotopic (exact) mass is 259 g/mol. The minimum Gasteiger partial charge on any atom is -0.467 e. The second-order valence-corrected chi connectivity index (χ2v) is 4.47. The van der Waals surface area contributed by atoms with Crippen LogP contribution in [0.4, 0.5) is 0 Å². The first-order chi connectivity index (χ1) is 6.65. The summed E-state index contributed by atoms with van der Waals surface area (Å²) in [5, 5.41) is 2.89. The molecular formula is C10H14BrNO2. The number of carbonyl (C=O) groups is 1. The van der Waals surface area contributed by atoms with Crippen LogP contribution in [0.15, 0.2) is 22.8 Å². The van der Waals surface area contributed by atoms with Gasteiger partial charge >= 0.3 is 0 Å². The zero-order chi connectivity index (χ0) is 10.6. The molecule has 0 saturated heterocycles. The molecule has 1 N–H and O–H groups in total. The van der Waals surface area contributed by atoms with Crippen molar-refractivity contribution < 1.29 is 9.21 Å². The van der Waals surface area contributed by atoms with Crippen LogP contribution >= 0.6 is 15.9 Å². The van der Waals surface area contributed by atoms with Crippen LogP contribution in [-0.4, -0.2) is 10.7 Å². The molecule has 0 aliphatic carbocycles. The third-order valence-corrected chi connectivity index (χ3v) is 2.39. The highest BCUT2D eigenvalue weighted by atomic mass is 79.9. The Hall–Kier alpha value is -0.770. The molecule has 4 heteroatoms. The van der Waals surface area contributed by atoms with E-state index < -0.39 is 0 Å². The Morgan fingerprint density at radius 2 is 2.43 bits per heavy atom. The number of hydrogen-bond donors (Lipinski definition) is 1. The van der Waals surface area contributed by atoms with E-state index >= 15 is 0 Å². The lowest BCUT2D eigenvalue weighted by Crippen LogP contribution is -2.32. The van der Waals surface area contributed by atoms with Gasteiger partial charge in [0.15, 0.2) is 0 Å². The van der Waals surface area contributed by atoms with E-state index in [1.807, 2.05) is 19.1 Å². The standard InChI is InChI=1S/C10H14BrNO2/c1-3-8(9-5-4-6-14-9)12-10(13)7(2)11/h4-8H,3H2,1-2H3,(H,12,13). The van der Waals surface area contributed by atoms with E-state index in [-0.39, 0.29) is 16.8 Å². The van der Waals surface area contributed by atoms with E-state index in [0.29, 0.717) is 0 Å². The fraction of sp³-hybridized carbons (Fsp3) is 0.500. The SMILES string of the molecule is CCC(NC(=O)C(C)Br)c1ccco1. The predicted octanol–water partition coefficient (Wildman–Crippen LogP) is 2.63. The molecule has 1 aromatic rings. The van der Waals surface area contributed by atoms with Gasteiger partial charge in [-0.1, -0.05) is 22.9 Å². The van der Waals surface area contributed by atoms with Gasteiger partial charge in [0.05, 0.1) is 17.1 Å². The van der Waals surface area contributed by atoms with Crippen molar-refractivity contribution in [2.45, 2.75) is 31.1 Å². The number of alkyl halides is 1. The van der Waals surface area contributed by atoms with Gasteiger partial charge in [-0.2, -0.15) is 0 Å². The Morgan fingerprint density at radius 3 is 2.86 bits per heavy atom. The summed E-state index contributed by atoms with van der Waals surface area (Å²) in [6.07, 6.45) is 2.43. The molecule has 0 fully saturated rings. The summed E-state index contributed by atoms with van der Waals surface area (Å²) in [5.41, 5.74) is 0. The lowest BCUT2D eigenvalue weighted by Gasteiger charge is -2.15. The van der Waals surface area contributed by atoms with Crippen molar-refractivity contribution in [3.63, 3.8) is 0 Å². The highest BCUT2D eigenvalue weighted by Gasteiger charge is 2.17. The van der Waals surface area contributed by atoms with E-state index in [0.717, 1.165) is 12.2 Å². The third-order valence-electron chi connectivity index (χ3n) is 1.97. The van der Waals surface area contributed by atoms with Crippen molar-refractivity contribution in [2.24, 2.45) is 0 Å². The highest BCUT2D eigenvalue weighted by molar-refractivity contribution is 9.10. The molecule has 1 aromatic heterocycles. The van der Waals surface area contributed by atoms with Gasteiger partial charge in [-0.05, 0) is 25.5 Å². The second-order valence-electron chi connectivity index (χ2n) is 3.10. The summed E-state index contributed by atoms with van der Waals surface area (Å²) in [6, 6.07) is 3.66. The highest BCUT2D eigenvalue weighted by Crippen LogP contribution is 2.17. The smallest absolute Gasteiger partial charge is 0.234 e. The fourth-order valence-electron chi connectivity index (χ4n) is 1.15. The molecule has 2 unspecified atom stereocenters. The molecule has 0 saturated carbocycles. The summed E-state index contributed by atoms with van der Waals surface area (Å²) in [5.74, 6) is 0.780. The fourth-order valence-corrected chi connectivity index (χ4v) is 1.28. The molecule has 0 radical (unpaired) electrons. The van der Waals surface area contributed by atoms with Crippen LogP contribution in [0.1, 0.15) is 32.1 Å². The number of hydrogen-bond acceptors (Lipinski definition) is 2. The lowest BCUT2D eigenvalue weighted by atomic mass is 10.1. The molecule has 78 valence electrons. The first kappa shape index (κ1) is 11.3. The van der Waals surface area contributed by atoms with Crippen molar-refractivity contribution in [1.29, 1.82) is 0 Å². The third kappa shape index (κ3) is 2.87. The molecule has 0 aliphatic heterocycles. The van der Waals surface area contributed by atoms with E-state index in [4.69, 9.17) is 4.42 Å². The van der Waals surface area contributed by atoms with E-state index in [9.17, 15) is 4.79 Å². The summed E-state index contributed by atoms with van der Waals surface area (Å²) in [6.45, 7) is 3.80. The minimum absolute atomic E-state index is 0.0201. The van der Waals surface area contributed by atoms with E-state index in [2.05, 4.69) is 21.2 Å². The van der Waals surface area contributed by atoms with Gasteiger partial charge in [-0.3, -0.25) is 4.79 Å². The van der Waals surface area contributed by atoms with Gasteiger partial charge in [0.25, 0.3) is 0 Å². The van der Waals surface area contributed by atoms with Crippen LogP contribution in [0.3, 0.4) is 0 Å². The quantitative estimate of drug-likeness (QED) is 0.845. The second kappa shape index (κ2) is 5.20. The zero-order valence-electron chi connectivity index (χ0n) is 8.29. The molecule has 1 rings (SSSR count).